The molecule has 0 saturated carbocycles. The maximum Gasteiger partial charge on any atom is 0.257 e. The molecule has 0 bridgehead atoms. The van der Waals surface area contributed by atoms with E-state index in [9.17, 15) is 5.26 Å². The highest BCUT2D eigenvalue weighted by Crippen LogP contribution is 2.29. The molecule has 0 aliphatic heterocycles. The normalized spacial score (nSPS) is 9.57. The Kier molecular flexibility index (Phi) is 4.01. The third kappa shape index (κ3) is 2.90. The van der Waals surface area contributed by atoms with Gasteiger partial charge in [0.25, 0.3) is 5.88 Å². The number of ether oxygens (including phenoxy) is 2. The summed E-state index contributed by atoms with van der Waals surface area (Å²) < 4.78 is 10.7. The van der Waals surface area contributed by atoms with E-state index in [4.69, 9.17) is 14.7 Å². The first-order valence-corrected chi connectivity index (χ1v) is 6.10. The Bertz CT molecular complexity index is 772. The number of aryl methyl sites for hydroxylation is 1. The number of nitriles is 2. The van der Waals surface area contributed by atoms with Crippen molar-refractivity contribution in [3.05, 3.63) is 40.6 Å². The fraction of sp³-hybridized carbons (Fsp3) is 0.200. The molecule has 0 saturated heterocycles. The van der Waals surface area contributed by atoms with Gasteiger partial charge in [0.2, 0.25) is 0 Å². The summed E-state index contributed by atoms with van der Waals surface area (Å²) in [7, 11) is 1.50. The zero-order valence-corrected chi connectivity index (χ0v) is 11.8. The molecule has 104 valence electrons. The van der Waals surface area contributed by atoms with Gasteiger partial charge in [-0.2, -0.15) is 15.6 Å². The van der Waals surface area contributed by atoms with Crippen LogP contribution in [0, 0.1) is 36.5 Å². The van der Waals surface area contributed by atoms with Crippen LogP contribution in [0.3, 0.4) is 0 Å². The summed E-state index contributed by atoms with van der Waals surface area (Å²) in [5.74, 6) is 0.956. The van der Waals surface area contributed by atoms with Crippen LogP contribution in [0.4, 0.5) is 0 Å². The lowest BCUT2D eigenvalue weighted by atomic mass is 10.1. The van der Waals surface area contributed by atoms with Crippen LogP contribution in [0.1, 0.15) is 22.4 Å². The highest BCUT2D eigenvalue weighted by molar-refractivity contribution is 5.49. The first-order valence-electron chi connectivity index (χ1n) is 6.10. The largest absolute Gasteiger partial charge is 0.497 e. The first-order chi connectivity index (χ1) is 10.1. The van der Waals surface area contributed by atoms with Gasteiger partial charge in [0.1, 0.15) is 23.1 Å². The number of hydrogen-bond acceptors (Lipinski definition) is 6. The number of benzene rings is 1. The van der Waals surface area contributed by atoms with Crippen molar-refractivity contribution >= 4 is 0 Å². The highest BCUT2D eigenvalue weighted by atomic mass is 16.5. The third-order valence-electron chi connectivity index (χ3n) is 2.99. The Hall–Kier alpha value is -3.12. The van der Waals surface area contributed by atoms with Crippen molar-refractivity contribution in [1.82, 2.24) is 10.2 Å². The van der Waals surface area contributed by atoms with Crippen molar-refractivity contribution in [1.29, 1.82) is 10.5 Å². The van der Waals surface area contributed by atoms with E-state index in [1.807, 2.05) is 6.07 Å². The molecule has 0 amide bonds. The van der Waals surface area contributed by atoms with Gasteiger partial charge in [-0.1, -0.05) is 0 Å². The molecular weight excluding hydrogens is 268 g/mol. The quantitative estimate of drug-likeness (QED) is 0.858. The summed E-state index contributed by atoms with van der Waals surface area (Å²) >= 11 is 0. The summed E-state index contributed by atoms with van der Waals surface area (Å²) in [6.07, 6.45) is 0. The maximum absolute atomic E-state index is 9.23. The molecule has 1 aromatic heterocycles. The number of hydrogen-bond donors (Lipinski definition) is 0. The zero-order chi connectivity index (χ0) is 15.4. The molecule has 0 unspecified atom stereocenters. The summed E-state index contributed by atoms with van der Waals surface area (Å²) in [6.45, 7) is 3.55. The van der Waals surface area contributed by atoms with E-state index in [2.05, 4.69) is 16.3 Å². The van der Waals surface area contributed by atoms with Crippen molar-refractivity contribution < 1.29 is 9.47 Å². The molecule has 0 spiro atoms. The minimum Gasteiger partial charge on any atom is -0.497 e. The van der Waals surface area contributed by atoms with E-state index < -0.39 is 0 Å². The van der Waals surface area contributed by atoms with Crippen LogP contribution >= 0.6 is 0 Å². The van der Waals surface area contributed by atoms with E-state index >= 15 is 0 Å². The first kappa shape index (κ1) is 14.3. The molecule has 1 heterocycles. The predicted molar refractivity (Wildman–Crippen MR) is 74.0 cm³/mol. The van der Waals surface area contributed by atoms with Gasteiger partial charge in [0.15, 0.2) is 0 Å². The van der Waals surface area contributed by atoms with Crippen LogP contribution in [0.5, 0.6) is 17.4 Å². The molecule has 0 radical (unpaired) electrons. The Labute approximate surface area is 122 Å². The summed E-state index contributed by atoms with van der Waals surface area (Å²) in [4.78, 5) is 0. The average molecular weight is 280 g/mol. The SMILES string of the molecule is COc1cc(C#N)cc(Oc2nnc(C)c(C)c2C#N)c1. The van der Waals surface area contributed by atoms with Gasteiger partial charge < -0.3 is 9.47 Å². The molecule has 0 fully saturated rings. The zero-order valence-electron chi connectivity index (χ0n) is 11.8. The molecule has 21 heavy (non-hydrogen) atoms. The van der Waals surface area contributed by atoms with Crippen LogP contribution in [-0.2, 0) is 0 Å². The molecule has 0 aliphatic rings. The van der Waals surface area contributed by atoms with Crippen molar-refractivity contribution in [3.8, 4) is 29.5 Å². The fourth-order valence-corrected chi connectivity index (χ4v) is 1.71. The molecule has 2 rings (SSSR count). The summed E-state index contributed by atoms with van der Waals surface area (Å²) in [5.41, 5.74) is 2.09. The minimum atomic E-state index is 0.109. The summed E-state index contributed by atoms with van der Waals surface area (Å²) in [6, 6.07) is 8.81. The van der Waals surface area contributed by atoms with Crippen LogP contribution < -0.4 is 9.47 Å². The van der Waals surface area contributed by atoms with Gasteiger partial charge in [-0.3, -0.25) is 0 Å². The molecule has 6 heteroatoms. The van der Waals surface area contributed by atoms with Crippen molar-refractivity contribution in [2.75, 3.05) is 7.11 Å². The Morgan fingerprint density at radius 2 is 1.71 bits per heavy atom. The van der Waals surface area contributed by atoms with Gasteiger partial charge >= 0.3 is 0 Å². The Morgan fingerprint density at radius 1 is 1.00 bits per heavy atom. The second-order valence-corrected chi connectivity index (χ2v) is 4.31. The lowest BCUT2D eigenvalue weighted by molar-refractivity contribution is 0.406. The van der Waals surface area contributed by atoms with Crippen LogP contribution in [0.25, 0.3) is 0 Å². The van der Waals surface area contributed by atoms with Crippen molar-refractivity contribution in [2.24, 2.45) is 0 Å². The third-order valence-corrected chi connectivity index (χ3v) is 2.99. The minimum absolute atomic E-state index is 0.109. The lowest BCUT2D eigenvalue weighted by Gasteiger charge is -2.10. The van der Waals surface area contributed by atoms with E-state index in [1.165, 1.54) is 7.11 Å². The number of nitrogens with zero attached hydrogens (tertiary/aromatic N) is 4. The van der Waals surface area contributed by atoms with Gasteiger partial charge in [0.05, 0.1) is 24.4 Å². The number of methoxy groups -OCH3 is 1. The number of aromatic nitrogens is 2. The van der Waals surface area contributed by atoms with Crippen LogP contribution in [0.2, 0.25) is 0 Å². The molecule has 1 aromatic carbocycles. The predicted octanol–water partition coefficient (Wildman–Crippen LogP) is 2.64. The van der Waals surface area contributed by atoms with Crippen LogP contribution in [0.15, 0.2) is 18.2 Å². The monoisotopic (exact) mass is 280 g/mol. The highest BCUT2D eigenvalue weighted by Gasteiger charge is 2.13. The van der Waals surface area contributed by atoms with Gasteiger partial charge in [0, 0.05) is 6.07 Å². The van der Waals surface area contributed by atoms with Crippen molar-refractivity contribution in [3.63, 3.8) is 0 Å². The second kappa shape index (κ2) is 5.89. The van der Waals surface area contributed by atoms with E-state index in [0.717, 1.165) is 0 Å². The van der Waals surface area contributed by atoms with E-state index in [1.54, 1.807) is 32.0 Å². The average Bonchev–Trinajstić information content (AvgIpc) is 2.51. The Morgan fingerprint density at radius 3 is 2.33 bits per heavy atom. The topological polar surface area (TPSA) is 91.8 Å². The standard InChI is InChI=1S/C15H12N4O2/c1-9-10(2)18-19-15(14(9)8-17)21-13-5-11(7-16)4-12(6-13)20-3/h4-6H,1-3H3. The van der Waals surface area contributed by atoms with E-state index in [0.29, 0.717) is 33.9 Å². The molecule has 0 aliphatic carbocycles. The lowest BCUT2D eigenvalue weighted by Crippen LogP contribution is -2.00. The molecule has 0 atom stereocenters. The van der Waals surface area contributed by atoms with Crippen molar-refractivity contribution in [2.45, 2.75) is 13.8 Å². The Balaban J connectivity index is 2.46. The molecular formula is C15H12N4O2. The molecule has 6 nitrogen and oxygen atoms in total. The smallest absolute Gasteiger partial charge is 0.257 e. The fourth-order valence-electron chi connectivity index (χ4n) is 1.71. The second-order valence-electron chi connectivity index (χ2n) is 4.31. The van der Waals surface area contributed by atoms with Gasteiger partial charge in [-0.25, -0.2) is 0 Å². The molecule has 0 N–H and O–H groups in total. The van der Waals surface area contributed by atoms with Crippen LogP contribution in [-0.4, -0.2) is 17.3 Å². The van der Waals surface area contributed by atoms with Gasteiger partial charge in [-0.15, -0.1) is 5.10 Å². The number of rotatable bonds is 3. The maximum atomic E-state index is 9.23. The summed E-state index contributed by atoms with van der Waals surface area (Å²) in [5, 5.41) is 26.1. The van der Waals surface area contributed by atoms with Gasteiger partial charge in [-0.05, 0) is 31.5 Å². The molecule has 2 aromatic rings. The van der Waals surface area contributed by atoms with E-state index in [-0.39, 0.29) is 5.88 Å².